The smallest absolute Gasteiger partial charge is 0.317 e. The van der Waals surface area contributed by atoms with Gasteiger partial charge in [-0.3, -0.25) is 63.0 Å². The molecular weight excluding hydrogens is 905 g/mol. The molecule has 3 aromatic rings. The first-order chi connectivity index (χ1) is 33.0. The highest BCUT2D eigenvalue weighted by molar-refractivity contribution is 6.07. The molecule has 1 atom stereocenters. The summed E-state index contributed by atoms with van der Waals surface area (Å²) in [7, 11) is 0. The van der Waals surface area contributed by atoms with Crippen LogP contribution in [0.25, 0.3) is 22.0 Å². The number of carboxylic acids is 3. The second-order valence-electron chi connectivity index (χ2n) is 17.3. The lowest BCUT2D eigenvalue weighted by molar-refractivity contribution is -0.141. The number of alkyl halides is 2. The van der Waals surface area contributed by atoms with E-state index in [4.69, 9.17) is 0 Å². The first kappa shape index (κ1) is 51.7. The van der Waals surface area contributed by atoms with Gasteiger partial charge in [-0.25, -0.2) is 8.78 Å². The number of piperazine rings is 1. The zero-order valence-electron chi connectivity index (χ0n) is 38.1. The highest BCUT2D eigenvalue weighted by atomic mass is 19.3. The molecule has 3 aliphatic heterocycles. The van der Waals surface area contributed by atoms with Gasteiger partial charge in [0.05, 0.1) is 56.4 Å². The Hall–Kier alpha value is -6.71. The topological polar surface area (TPSA) is 264 Å². The van der Waals surface area contributed by atoms with Crippen LogP contribution in [0, 0.1) is 11.3 Å². The molecule has 2 aromatic carbocycles. The molecule has 4 heterocycles. The van der Waals surface area contributed by atoms with E-state index in [0.717, 1.165) is 16.0 Å². The van der Waals surface area contributed by atoms with E-state index in [1.807, 2.05) is 11.0 Å². The van der Waals surface area contributed by atoms with Crippen LogP contribution in [0.15, 0.2) is 54.7 Å². The first-order valence-corrected chi connectivity index (χ1v) is 22.6. The average molecular weight is 962 g/mol. The molecule has 4 amide bonds. The molecule has 5 N–H and O–H groups in total. The second kappa shape index (κ2) is 24.0. The van der Waals surface area contributed by atoms with Crippen LogP contribution < -0.4 is 10.6 Å². The van der Waals surface area contributed by atoms with Crippen molar-refractivity contribution in [2.45, 2.75) is 18.4 Å². The Bertz CT molecular complexity index is 2360. The molecule has 0 saturated carbocycles. The number of nitrogens with one attached hydrogen (secondary N) is 2. The third kappa shape index (κ3) is 15.1. The molecule has 21 nitrogen and oxygen atoms in total. The number of fused-ring (bicyclic) bond motifs is 1. The summed E-state index contributed by atoms with van der Waals surface area (Å²) in [6.07, 6.45) is 0.683. The van der Waals surface area contributed by atoms with Crippen LogP contribution in [0.1, 0.15) is 27.1 Å². The summed E-state index contributed by atoms with van der Waals surface area (Å²) in [4.78, 5) is 103. The number of halogens is 2. The summed E-state index contributed by atoms with van der Waals surface area (Å²) in [5.41, 5.74) is 2.60. The van der Waals surface area contributed by atoms with E-state index in [1.54, 1.807) is 62.1 Å². The summed E-state index contributed by atoms with van der Waals surface area (Å²) in [5.74, 6) is -8.07. The number of carbonyl (C=O) groups is 7. The first-order valence-electron chi connectivity index (χ1n) is 22.6. The number of carbonyl (C=O) groups excluding carboxylic acids is 4. The monoisotopic (exact) mass is 961 g/mol. The van der Waals surface area contributed by atoms with Crippen molar-refractivity contribution in [3.8, 4) is 17.2 Å². The third-order valence-corrected chi connectivity index (χ3v) is 12.4. The number of aliphatic carboxylic acids is 3. The van der Waals surface area contributed by atoms with Crippen molar-refractivity contribution in [2.24, 2.45) is 0 Å². The molecule has 370 valence electrons. The van der Waals surface area contributed by atoms with Gasteiger partial charge in [-0.2, -0.15) is 5.26 Å². The van der Waals surface area contributed by atoms with Gasteiger partial charge in [0.15, 0.2) is 0 Å². The van der Waals surface area contributed by atoms with Gasteiger partial charge in [0, 0.05) is 115 Å². The van der Waals surface area contributed by atoms with Crippen molar-refractivity contribution in [1.82, 2.24) is 49.9 Å². The molecule has 0 spiro atoms. The second-order valence-corrected chi connectivity index (χ2v) is 17.3. The van der Waals surface area contributed by atoms with Crippen molar-refractivity contribution in [2.75, 3.05) is 131 Å². The molecule has 3 fully saturated rings. The maximum Gasteiger partial charge on any atom is 0.317 e. The maximum atomic E-state index is 13.9. The van der Waals surface area contributed by atoms with Crippen molar-refractivity contribution in [3.63, 3.8) is 0 Å². The van der Waals surface area contributed by atoms with Gasteiger partial charge in [0.1, 0.15) is 6.04 Å². The van der Waals surface area contributed by atoms with E-state index < -0.39 is 61.2 Å². The zero-order valence-corrected chi connectivity index (χ0v) is 38.1. The number of likely N-dealkylation sites (tertiary alicyclic amines) is 1. The fraction of sp³-hybridized carbons (Fsp3) is 0.500. The number of hydrogen-bond acceptors (Lipinski definition) is 14. The fourth-order valence-electron chi connectivity index (χ4n) is 8.61. The van der Waals surface area contributed by atoms with Crippen LogP contribution in [0.2, 0.25) is 0 Å². The predicted octanol–water partition coefficient (Wildman–Crippen LogP) is -0.259. The number of rotatable bonds is 16. The SMILES string of the molecule is N#C[C@@H]1CC(F)(F)CN1C(=O)CNC(=O)c1ccnc2ccc(-c3ccc(C(=O)NCCN4CCN(C(=O)CN5CCN(CC(=O)O)CCN(CC(=O)O)CCN(CC(=O)O)CC5)CC4)cc3)cc12. The number of nitrogens with zero attached hydrogens (tertiary/aromatic N) is 9. The summed E-state index contributed by atoms with van der Waals surface area (Å²) in [6.45, 7) is 3.23. The van der Waals surface area contributed by atoms with E-state index in [0.29, 0.717) is 81.9 Å². The van der Waals surface area contributed by atoms with Gasteiger partial charge >= 0.3 is 17.9 Å². The number of carboxylic acid groups (broad SMARTS) is 3. The third-order valence-electron chi connectivity index (χ3n) is 12.4. The van der Waals surface area contributed by atoms with Gasteiger partial charge in [0.2, 0.25) is 11.8 Å². The van der Waals surface area contributed by atoms with Crippen molar-refractivity contribution in [1.29, 1.82) is 5.26 Å². The number of nitriles is 1. The molecule has 23 heteroatoms. The van der Waals surface area contributed by atoms with Gasteiger partial charge in [-0.1, -0.05) is 18.2 Å². The Balaban J connectivity index is 0.966. The van der Waals surface area contributed by atoms with E-state index in [-0.39, 0.29) is 69.7 Å². The van der Waals surface area contributed by atoms with Gasteiger partial charge in [-0.05, 0) is 41.5 Å². The minimum atomic E-state index is -3.18. The van der Waals surface area contributed by atoms with E-state index in [9.17, 15) is 62.9 Å². The van der Waals surface area contributed by atoms with Crippen molar-refractivity contribution < 1.29 is 57.7 Å². The standard InChI is InChI=1S/C46H57F2N11O10/c47-46(48)24-35(25-49)59(31-46)39(60)26-52-45(69)36-7-8-50-38-6-5-34(23-37(36)38)32-1-3-33(4-2-32)44(68)51-9-10-53-19-21-58(22-20-53)40(61)27-54-11-13-55(28-41(62)63)15-17-57(30-43(66)67)18-16-56(14-12-54)29-42(64)65/h1-8,23,35H,9-22,24,26-31H2,(H,51,68)(H,52,69)(H,62,63)(H,64,65)(H,66,67)/t35-/m0/s1. The number of benzene rings is 2. The van der Waals surface area contributed by atoms with E-state index in [1.165, 1.54) is 12.3 Å². The Labute approximate surface area is 396 Å². The van der Waals surface area contributed by atoms with Gasteiger partial charge < -0.3 is 35.8 Å². The van der Waals surface area contributed by atoms with E-state index >= 15 is 0 Å². The molecule has 0 aliphatic carbocycles. The molecule has 1 aromatic heterocycles. The lowest BCUT2D eigenvalue weighted by atomic mass is 9.99. The molecule has 3 saturated heterocycles. The van der Waals surface area contributed by atoms with Crippen LogP contribution in [-0.2, 0) is 24.0 Å². The quantitative estimate of drug-likeness (QED) is 0.124. The van der Waals surface area contributed by atoms with Crippen LogP contribution in [-0.4, -0.2) is 239 Å². The highest BCUT2D eigenvalue weighted by Gasteiger charge is 2.47. The zero-order chi connectivity index (χ0) is 49.7. The van der Waals surface area contributed by atoms with Gasteiger partial charge in [0.25, 0.3) is 17.7 Å². The lowest BCUT2D eigenvalue weighted by Crippen LogP contribution is -2.53. The number of amides is 4. The van der Waals surface area contributed by atoms with Crippen molar-refractivity contribution in [3.05, 3.63) is 65.9 Å². The molecule has 0 radical (unpaired) electrons. The molecule has 69 heavy (non-hydrogen) atoms. The summed E-state index contributed by atoms with van der Waals surface area (Å²) >= 11 is 0. The lowest BCUT2D eigenvalue weighted by Gasteiger charge is -2.37. The normalized spacial score (nSPS) is 19.2. The minimum Gasteiger partial charge on any atom is -0.480 e. The van der Waals surface area contributed by atoms with Crippen LogP contribution in [0.3, 0.4) is 0 Å². The summed E-state index contributed by atoms with van der Waals surface area (Å²) < 4.78 is 27.7. The Morgan fingerprint density at radius 2 is 1.17 bits per heavy atom. The summed E-state index contributed by atoms with van der Waals surface area (Å²) in [6, 6.07) is 14.1. The fourth-order valence-corrected chi connectivity index (χ4v) is 8.61. The van der Waals surface area contributed by atoms with E-state index in [2.05, 4.69) is 20.5 Å². The summed E-state index contributed by atoms with van der Waals surface area (Å²) in [5, 5.41) is 43.6. The molecule has 6 rings (SSSR count). The Morgan fingerprint density at radius 3 is 1.71 bits per heavy atom. The van der Waals surface area contributed by atoms with Crippen LogP contribution in [0.5, 0.6) is 0 Å². The minimum absolute atomic E-state index is 0.0568. The Kier molecular flexibility index (Phi) is 18.0. The van der Waals surface area contributed by atoms with Crippen molar-refractivity contribution >= 4 is 52.4 Å². The van der Waals surface area contributed by atoms with Gasteiger partial charge in [-0.15, -0.1) is 0 Å². The van der Waals surface area contributed by atoms with Crippen LogP contribution in [0.4, 0.5) is 8.78 Å². The number of hydrogen-bond donors (Lipinski definition) is 5. The predicted molar refractivity (Wildman–Crippen MR) is 244 cm³/mol. The Morgan fingerprint density at radius 1 is 0.652 bits per heavy atom. The number of pyridine rings is 1. The average Bonchev–Trinajstić information content (AvgIpc) is 3.65. The number of aromatic nitrogens is 1. The molecule has 3 aliphatic rings. The maximum absolute atomic E-state index is 13.9. The highest BCUT2D eigenvalue weighted by Crippen LogP contribution is 2.32. The molecule has 0 unspecified atom stereocenters. The molecule has 0 bridgehead atoms. The largest absolute Gasteiger partial charge is 0.480 e. The van der Waals surface area contributed by atoms with Crippen LogP contribution >= 0.6 is 0 Å². The molecular formula is C46H57F2N11O10.